The van der Waals surface area contributed by atoms with Gasteiger partial charge >= 0.3 is 0 Å². The van der Waals surface area contributed by atoms with Crippen molar-refractivity contribution in [3.8, 4) is 0 Å². The molecule has 2 rings (SSSR count). The zero-order chi connectivity index (χ0) is 11.9. The summed E-state index contributed by atoms with van der Waals surface area (Å²) in [5.41, 5.74) is 2.83. The van der Waals surface area contributed by atoms with E-state index >= 15 is 0 Å². The topological polar surface area (TPSA) is 59.6 Å². The minimum absolute atomic E-state index is 0.483. The van der Waals surface area contributed by atoms with Gasteiger partial charge in [-0.15, -0.1) is 0 Å². The van der Waals surface area contributed by atoms with E-state index in [0.717, 1.165) is 31.9 Å². The van der Waals surface area contributed by atoms with Gasteiger partial charge in [-0.05, 0) is 25.7 Å². The van der Waals surface area contributed by atoms with E-state index in [1.807, 2.05) is 0 Å². The van der Waals surface area contributed by atoms with Crippen LogP contribution in [0, 0.1) is 5.92 Å². The summed E-state index contributed by atoms with van der Waals surface area (Å²) in [5, 5.41) is 0. The lowest BCUT2D eigenvalue weighted by atomic mass is 9.98. The second kappa shape index (κ2) is 6.97. The highest BCUT2D eigenvalue weighted by molar-refractivity contribution is 5.84. The van der Waals surface area contributed by atoms with Crippen molar-refractivity contribution in [1.29, 1.82) is 0 Å². The molecule has 1 aliphatic heterocycles. The van der Waals surface area contributed by atoms with E-state index in [1.165, 1.54) is 38.5 Å². The fourth-order valence-electron chi connectivity index (χ4n) is 2.82. The van der Waals surface area contributed by atoms with Gasteiger partial charge in [0.25, 0.3) is 0 Å². The smallest absolute Gasteiger partial charge is 0.114 e. The average Bonchev–Trinajstić information content (AvgIpc) is 2.65. The van der Waals surface area contributed by atoms with Crippen molar-refractivity contribution < 1.29 is 4.74 Å². The van der Waals surface area contributed by atoms with Gasteiger partial charge in [0, 0.05) is 19.1 Å². The normalized spacial score (nSPS) is 25.6. The number of ether oxygens (including phenoxy) is 1. The fourth-order valence-corrected chi connectivity index (χ4v) is 2.82. The van der Waals surface area contributed by atoms with Crippen LogP contribution in [-0.2, 0) is 4.74 Å². The summed E-state index contributed by atoms with van der Waals surface area (Å²) in [6.07, 6.45) is 9.94. The monoisotopic (exact) mass is 239 g/mol. The Morgan fingerprint density at radius 3 is 2.24 bits per heavy atom. The van der Waals surface area contributed by atoms with Gasteiger partial charge in [0.2, 0.25) is 0 Å². The summed E-state index contributed by atoms with van der Waals surface area (Å²) in [4.78, 5) is 4.86. The van der Waals surface area contributed by atoms with E-state index in [9.17, 15) is 0 Å². The van der Waals surface area contributed by atoms with Gasteiger partial charge < -0.3 is 10.2 Å². The molecule has 98 valence electrons. The zero-order valence-corrected chi connectivity index (χ0v) is 10.7. The lowest BCUT2D eigenvalue weighted by molar-refractivity contribution is 0.0819. The molecule has 17 heavy (non-hydrogen) atoms. The van der Waals surface area contributed by atoms with Crippen LogP contribution in [0.3, 0.4) is 0 Å². The number of hydrogen-bond donors (Lipinski definition) is 2. The van der Waals surface area contributed by atoms with Gasteiger partial charge in [-0.3, -0.25) is 4.99 Å². The highest BCUT2D eigenvalue weighted by atomic mass is 16.5. The molecule has 0 aromatic rings. The van der Waals surface area contributed by atoms with E-state index in [0.29, 0.717) is 12.0 Å². The highest BCUT2D eigenvalue weighted by Crippen LogP contribution is 2.22. The summed E-state index contributed by atoms with van der Waals surface area (Å²) in [5.74, 6) is 7.14. The Labute approximate surface area is 104 Å². The maximum absolute atomic E-state index is 5.64. The van der Waals surface area contributed by atoms with Gasteiger partial charge in [-0.2, -0.15) is 0 Å². The molecule has 0 bridgehead atoms. The third-order valence-electron chi connectivity index (χ3n) is 3.90. The molecule has 2 fully saturated rings. The first kappa shape index (κ1) is 12.8. The van der Waals surface area contributed by atoms with E-state index in [1.54, 1.807) is 0 Å². The van der Waals surface area contributed by atoms with Crippen molar-refractivity contribution in [3.05, 3.63) is 0 Å². The molecule has 0 spiro atoms. The standard InChI is InChI=1S/C13H25N3O/c14-16-13(11-7-9-17-10-8-11)15-12-5-3-1-2-4-6-12/h11-12H,1-10,14H2,(H,15,16). The Hall–Kier alpha value is -0.610. The molecule has 0 amide bonds. The van der Waals surface area contributed by atoms with Crippen molar-refractivity contribution in [2.75, 3.05) is 13.2 Å². The molecule has 4 nitrogen and oxygen atoms in total. The Morgan fingerprint density at radius 1 is 1.00 bits per heavy atom. The quantitative estimate of drug-likeness (QED) is 0.255. The molecule has 0 radical (unpaired) electrons. The minimum Gasteiger partial charge on any atom is -0.381 e. The molecule has 0 atom stereocenters. The largest absolute Gasteiger partial charge is 0.381 e. The number of hydrogen-bond acceptors (Lipinski definition) is 3. The van der Waals surface area contributed by atoms with Crippen LogP contribution < -0.4 is 11.3 Å². The molecule has 1 heterocycles. The molecule has 0 aromatic heterocycles. The van der Waals surface area contributed by atoms with Crippen molar-refractivity contribution >= 4 is 5.84 Å². The lowest BCUT2D eigenvalue weighted by Gasteiger charge is -2.24. The highest BCUT2D eigenvalue weighted by Gasteiger charge is 2.21. The maximum atomic E-state index is 5.64. The molecular formula is C13H25N3O. The molecule has 3 N–H and O–H groups in total. The Morgan fingerprint density at radius 2 is 1.65 bits per heavy atom. The number of nitrogens with two attached hydrogens (primary N) is 1. The number of nitrogens with zero attached hydrogens (tertiary/aromatic N) is 1. The van der Waals surface area contributed by atoms with Crippen molar-refractivity contribution in [2.24, 2.45) is 16.8 Å². The third kappa shape index (κ3) is 3.96. The first-order valence-electron chi connectivity index (χ1n) is 7.02. The Bertz CT molecular complexity index is 241. The molecule has 4 heteroatoms. The molecule has 2 aliphatic rings. The molecule has 0 aromatic carbocycles. The zero-order valence-electron chi connectivity index (χ0n) is 10.7. The Kier molecular flexibility index (Phi) is 5.26. The Balaban J connectivity index is 1.94. The number of amidine groups is 1. The van der Waals surface area contributed by atoms with Gasteiger partial charge in [0.05, 0.1) is 6.04 Å². The van der Waals surface area contributed by atoms with Crippen LogP contribution in [0.5, 0.6) is 0 Å². The summed E-state index contributed by atoms with van der Waals surface area (Å²) in [7, 11) is 0. The molecule has 1 saturated heterocycles. The molecule has 1 saturated carbocycles. The summed E-state index contributed by atoms with van der Waals surface area (Å²) >= 11 is 0. The summed E-state index contributed by atoms with van der Waals surface area (Å²) in [6, 6.07) is 0.492. The fraction of sp³-hybridized carbons (Fsp3) is 0.923. The van der Waals surface area contributed by atoms with Gasteiger partial charge in [0.1, 0.15) is 5.84 Å². The first-order chi connectivity index (χ1) is 8.40. The van der Waals surface area contributed by atoms with Crippen LogP contribution >= 0.6 is 0 Å². The predicted molar refractivity (Wildman–Crippen MR) is 69.8 cm³/mol. The number of aliphatic imine (C=N–C) groups is 1. The van der Waals surface area contributed by atoms with Gasteiger partial charge in [-0.1, -0.05) is 25.7 Å². The number of rotatable bonds is 2. The average molecular weight is 239 g/mol. The van der Waals surface area contributed by atoms with Crippen LogP contribution in [0.4, 0.5) is 0 Å². The first-order valence-corrected chi connectivity index (χ1v) is 7.02. The second-order valence-corrected chi connectivity index (χ2v) is 5.19. The van der Waals surface area contributed by atoms with Gasteiger partial charge in [-0.25, -0.2) is 5.84 Å². The van der Waals surface area contributed by atoms with E-state index in [2.05, 4.69) is 5.43 Å². The second-order valence-electron chi connectivity index (χ2n) is 5.19. The van der Waals surface area contributed by atoms with Crippen molar-refractivity contribution in [2.45, 2.75) is 57.4 Å². The van der Waals surface area contributed by atoms with Crippen molar-refractivity contribution in [3.63, 3.8) is 0 Å². The number of nitrogens with one attached hydrogen (secondary N) is 1. The molecular weight excluding hydrogens is 214 g/mol. The molecule has 0 unspecified atom stereocenters. The lowest BCUT2D eigenvalue weighted by Crippen LogP contribution is -2.39. The predicted octanol–water partition coefficient (Wildman–Crippen LogP) is 2.00. The molecule has 1 aliphatic carbocycles. The van der Waals surface area contributed by atoms with E-state index < -0.39 is 0 Å². The SMILES string of the molecule is NNC(=NC1CCCCCC1)C1CCOCC1. The summed E-state index contributed by atoms with van der Waals surface area (Å²) in [6.45, 7) is 1.69. The minimum atomic E-state index is 0.483. The van der Waals surface area contributed by atoms with Crippen LogP contribution in [0.25, 0.3) is 0 Å². The van der Waals surface area contributed by atoms with Crippen LogP contribution in [-0.4, -0.2) is 25.1 Å². The van der Waals surface area contributed by atoms with Gasteiger partial charge in [0.15, 0.2) is 0 Å². The van der Waals surface area contributed by atoms with E-state index in [-0.39, 0.29) is 0 Å². The van der Waals surface area contributed by atoms with Crippen LogP contribution in [0.15, 0.2) is 4.99 Å². The van der Waals surface area contributed by atoms with Crippen LogP contribution in [0.1, 0.15) is 51.4 Å². The maximum Gasteiger partial charge on any atom is 0.114 e. The van der Waals surface area contributed by atoms with Crippen molar-refractivity contribution in [1.82, 2.24) is 5.43 Å². The van der Waals surface area contributed by atoms with E-state index in [4.69, 9.17) is 15.6 Å². The number of hydrazine groups is 1. The van der Waals surface area contributed by atoms with Crippen LogP contribution in [0.2, 0.25) is 0 Å². The summed E-state index contributed by atoms with van der Waals surface area (Å²) < 4.78 is 5.38. The third-order valence-corrected chi connectivity index (χ3v) is 3.90.